The summed E-state index contributed by atoms with van der Waals surface area (Å²) in [5.74, 6) is 0.0545. The van der Waals surface area contributed by atoms with Crippen LogP contribution in [0.15, 0.2) is 71.7 Å². The zero-order valence-electron chi connectivity index (χ0n) is 13.4. The van der Waals surface area contributed by atoms with Crippen LogP contribution in [0.4, 0.5) is 16.3 Å². The Hall–Kier alpha value is -3.94. The monoisotopic (exact) mass is 347 g/mol. The zero-order valence-corrected chi connectivity index (χ0v) is 13.4. The number of pyridine rings is 1. The minimum atomic E-state index is -0.489. The van der Waals surface area contributed by atoms with Crippen molar-refractivity contribution in [1.29, 1.82) is 0 Å². The third-order valence-corrected chi connectivity index (χ3v) is 3.71. The van der Waals surface area contributed by atoms with Gasteiger partial charge in [0, 0.05) is 35.1 Å². The van der Waals surface area contributed by atoms with E-state index in [1.54, 1.807) is 36.7 Å². The minimum absolute atomic E-state index is 0.237. The number of fused-ring (bicyclic) bond motifs is 1. The van der Waals surface area contributed by atoms with Gasteiger partial charge in [0.15, 0.2) is 5.82 Å². The lowest BCUT2D eigenvalue weighted by Crippen LogP contribution is -2.20. The summed E-state index contributed by atoms with van der Waals surface area (Å²) in [7, 11) is 0. The minimum Gasteiger partial charge on any atom is -0.363 e. The first-order valence-corrected chi connectivity index (χ1v) is 7.76. The van der Waals surface area contributed by atoms with E-state index in [0.717, 1.165) is 5.39 Å². The van der Waals surface area contributed by atoms with Gasteiger partial charge in [0.25, 0.3) is 5.91 Å². The van der Waals surface area contributed by atoms with Crippen LogP contribution in [-0.2, 0) is 0 Å². The molecule has 0 atom stereocenters. The fourth-order valence-electron chi connectivity index (χ4n) is 2.55. The highest BCUT2D eigenvalue weighted by molar-refractivity contribution is 6.03. The number of hydrogen-bond acceptors (Lipinski definition) is 5. The molecule has 8 heteroatoms. The number of benzene rings is 1. The highest BCUT2D eigenvalue weighted by Crippen LogP contribution is 2.17. The molecule has 2 amide bonds. The van der Waals surface area contributed by atoms with Crippen LogP contribution in [0.5, 0.6) is 0 Å². The van der Waals surface area contributed by atoms with Crippen molar-refractivity contribution in [2.24, 2.45) is 0 Å². The molecular formula is C18H13N5O3. The van der Waals surface area contributed by atoms with Gasteiger partial charge in [-0.1, -0.05) is 11.2 Å². The van der Waals surface area contributed by atoms with Crippen molar-refractivity contribution in [1.82, 2.24) is 14.7 Å². The van der Waals surface area contributed by atoms with E-state index in [2.05, 4.69) is 25.3 Å². The summed E-state index contributed by atoms with van der Waals surface area (Å²) in [5, 5.41) is 9.64. The Balaban J connectivity index is 1.55. The SMILES string of the molecule is O=C(Nc1cccc(C(=O)n2ccc3cccnc32)c1)Nc1ccon1. The highest BCUT2D eigenvalue weighted by Gasteiger charge is 2.13. The second-order valence-electron chi connectivity index (χ2n) is 5.45. The molecule has 0 fully saturated rings. The number of rotatable bonds is 3. The number of aromatic nitrogens is 3. The number of urea groups is 1. The molecule has 0 bridgehead atoms. The van der Waals surface area contributed by atoms with Crippen LogP contribution >= 0.6 is 0 Å². The quantitative estimate of drug-likeness (QED) is 0.592. The van der Waals surface area contributed by atoms with Crippen LogP contribution in [-0.4, -0.2) is 26.6 Å². The number of carbonyl (C=O) groups is 2. The highest BCUT2D eigenvalue weighted by atomic mass is 16.5. The van der Waals surface area contributed by atoms with Crippen LogP contribution in [0.25, 0.3) is 11.0 Å². The fraction of sp³-hybridized carbons (Fsp3) is 0. The summed E-state index contributed by atoms with van der Waals surface area (Å²) in [4.78, 5) is 29.0. The number of hydrogen-bond donors (Lipinski definition) is 2. The lowest BCUT2D eigenvalue weighted by atomic mass is 10.2. The molecule has 0 saturated carbocycles. The van der Waals surface area contributed by atoms with Gasteiger partial charge in [0.1, 0.15) is 11.9 Å². The Morgan fingerprint density at radius 2 is 1.96 bits per heavy atom. The first-order chi connectivity index (χ1) is 12.7. The van der Waals surface area contributed by atoms with Crippen molar-refractivity contribution >= 4 is 34.5 Å². The molecule has 0 unspecified atom stereocenters. The van der Waals surface area contributed by atoms with E-state index in [1.807, 2.05) is 18.2 Å². The fourth-order valence-corrected chi connectivity index (χ4v) is 2.55. The molecule has 3 heterocycles. The molecule has 2 N–H and O–H groups in total. The van der Waals surface area contributed by atoms with Crippen molar-refractivity contribution in [2.45, 2.75) is 0 Å². The summed E-state index contributed by atoms with van der Waals surface area (Å²) in [5.41, 5.74) is 1.48. The molecule has 0 aliphatic rings. The molecular weight excluding hydrogens is 334 g/mol. The number of nitrogens with zero attached hydrogens (tertiary/aromatic N) is 3. The molecule has 4 aromatic rings. The van der Waals surface area contributed by atoms with E-state index in [9.17, 15) is 9.59 Å². The molecule has 0 aliphatic carbocycles. The molecule has 26 heavy (non-hydrogen) atoms. The summed E-state index contributed by atoms with van der Waals surface area (Å²) < 4.78 is 6.12. The van der Waals surface area contributed by atoms with E-state index in [1.165, 1.54) is 16.9 Å². The molecule has 0 aliphatic heterocycles. The zero-order chi connectivity index (χ0) is 17.9. The lowest BCUT2D eigenvalue weighted by Gasteiger charge is -2.08. The average Bonchev–Trinajstić information content (AvgIpc) is 3.30. The molecule has 3 aromatic heterocycles. The van der Waals surface area contributed by atoms with Gasteiger partial charge in [0.2, 0.25) is 0 Å². The predicted octanol–water partition coefficient (Wildman–Crippen LogP) is 3.36. The van der Waals surface area contributed by atoms with Crippen LogP contribution < -0.4 is 10.6 Å². The van der Waals surface area contributed by atoms with Crippen molar-refractivity contribution in [3.8, 4) is 0 Å². The van der Waals surface area contributed by atoms with Crippen molar-refractivity contribution in [2.75, 3.05) is 10.6 Å². The van der Waals surface area contributed by atoms with Crippen LogP contribution in [0.2, 0.25) is 0 Å². The number of carbonyl (C=O) groups excluding carboxylic acids is 2. The number of amides is 2. The first-order valence-electron chi connectivity index (χ1n) is 7.76. The summed E-state index contributed by atoms with van der Waals surface area (Å²) in [6, 6.07) is 13.2. The molecule has 1 aromatic carbocycles. The number of anilines is 2. The van der Waals surface area contributed by atoms with Gasteiger partial charge in [-0.05, 0) is 36.4 Å². The molecule has 8 nitrogen and oxygen atoms in total. The van der Waals surface area contributed by atoms with Crippen molar-refractivity contribution < 1.29 is 14.1 Å². The van der Waals surface area contributed by atoms with Crippen LogP contribution in [0.3, 0.4) is 0 Å². The van der Waals surface area contributed by atoms with Crippen molar-refractivity contribution in [3.05, 3.63) is 72.8 Å². The lowest BCUT2D eigenvalue weighted by molar-refractivity contribution is 0.0964. The van der Waals surface area contributed by atoms with E-state index in [0.29, 0.717) is 22.7 Å². The number of nitrogens with one attached hydrogen (secondary N) is 2. The smallest absolute Gasteiger partial charge is 0.324 e. The van der Waals surface area contributed by atoms with Crippen molar-refractivity contribution in [3.63, 3.8) is 0 Å². The molecule has 0 radical (unpaired) electrons. The second-order valence-corrected chi connectivity index (χ2v) is 5.45. The maximum atomic E-state index is 12.8. The maximum Gasteiger partial charge on any atom is 0.324 e. The molecule has 0 saturated heterocycles. The van der Waals surface area contributed by atoms with Gasteiger partial charge in [-0.15, -0.1) is 0 Å². The standard InChI is InChI=1S/C18H13N5O3/c24-17(23-9-6-12-4-2-8-19-16(12)23)13-3-1-5-14(11-13)20-18(25)21-15-7-10-26-22-15/h1-11H,(H2,20,21,22,25). The summed E-state index contributed by atoms with van der Waals surface area (Å²) in [6.07, 6.45) is 4.67. The topological polar surface area (TPSA) is 102 Å². The van der Waals surface area contributed by atoms with Gasteiger partial charge in [-0.2, -0.15) is 0 Å². The summed E-state index contributed by atoms with van der Waals surface area (Å²) >= 11 is 0. The summed E-state index contributed by atoms with van der Waals surface area (Å²) in [6.45, 7) is 0. The Kier molecular flexibility index (Phi) is 3.91. The van der Waals surface area contributed by atoms with Crippen LogP contribution in [0, 0.1) is 0 Å². The van der Waals surface area contributed by atoms with Gasteiger partial charge < -0.3 is 9.84 Å². The third kappa shape index (κ3) is 3.03. The van der Waals surface area contributed by atoms with E-state index >= 15 is 0 Å². The van der Waals surface area contributed by atoms with E-state index < -0.39 is 6.03 Å². The van der Waals surface area contributed by atoms with E-state index in [4.69, 9.17) is 0 Å². The first kappa shape index (κ1) is 15.6. The van der Waals surface area contributed by atoms with Crippen LogP contribution in [0.1, 0.15) is 10.4 Å². The normalized spacial score (nSPS) is 10.6. The van der Waals surface area contributed by atoms with Gasteiger partial charge in [-0.3, -0.25) is 14.7 Å². The third-order valence-electron chi connectivity index (χ3n) is 3.71. The molecule has 128 valence electrons. The van der Waals surface area contributed by atoms with Gasteiger partial charge in [0.05, 0.1) is 0 Å². The molecule has 0 spiro atoms. The average molecular weight is 347 g/mol. The van der Waals surface area contributed by atoms with Gasteiger partial charge >= 0.3 is 6.03 Å². The predicted molar refractivity (Wildman–Crippen MR) is 95.0 cm³/mol. The van der Waals surface area contributed by atoms with E-state index in [-0.39, 0.29) is 5.91 Å². The van der Waals surface area contributed by atoms with Gasteiger partial charge in [-0.25, -0.2) is 9.78 Å². The Bertz CT molecular complexity index is 1090. The largest absolute Gasteiger partial charge is 0.363 e. The Morgan fingerprint density at radius 1 is 1.04 bits per heavy atom. The second kappa shape index (κ2) is 6.52. The Morgan fingerprint density at radius 3 is 2.81 bits per heavy atom. The maximum absolute atomic E-state index is 12.8. The molecule has 4 rings (SSSR count). The Labute approximate surface area is 147 Å².